The second-order valence-electron chi connectivity index (χ2n) is 6.18. The second-order valence-corrected chi connectivity index (χ2v) is 6.18. The van der Waals surface area contributed by atoms with Crippen LogP contribution in [0.4, 0.5) is 30.7 Å². The van der Waals surface area contributed by atoms with Gasteiger partial charge in [0.1, 0.15) is 17.5 Å². The molecule has 0 amide bonds. The minimum Gasteiger partial charge on any atom is -0.255 e. The van der Waals surface area contributed by atoms with E-state index in [2.05, 4.69) is 0 Å². The predicted octanol–water partition coefficient (Wildman–Crippen LogP) is 6.94. The number of benzene rings is 3. The van der Waals surface area contributed by atoms with Crippen molar-refractivity contribution in [2.24, 2.45) is 0 Å². The van der Waals surface area contributed by atoms with Crippen LogP contribution in [-0.4, -0.2) is 6.04 Å². The van der Waals surface area contributed by atoms with E-state index < -0.39 is 52.1 Å². The van der Waals surface area contributed by atoms with Crippen molar-refractivity contribution in [2.75, 3.05) is 0 Å². The van der Waals surface area contributed by atoms with Crippen molar-refractivity contribution < 1.29 is 35.5 Å². The summed E-state index contributed by atoms with van der Waals surface area (Å²) in [6.45, 7) is 1.85. The SMILES string of the molecule is CCCc1ccc(F)c(F)c1F.O=C(F)c1cc(F)c(-c2ccc(F)cc2)c(F)c1. The fraction of sp³-hybridized carbons (Fsp3) is 0.136. The van der Waals surface area contributed by atoms with Crippen LogP contribution < -0.4 is 0 Å². The van der Waals surface area contributed by atoms with Crippen LogP contribution >= 0.6 is 0 Å². The first-order chi connectivity index (χ1) is 14.1. The van der Waals surface area contributed by atoms with Crippen LogP contribution in [0.15, 0.2) is 48.5 Å². The molecule has 0 atom stereocenters. The fourth-order valence-corrected chi connectivity index (χ4v) is 2.61. The standard InChI is InChI=1S/C13H6F4O.C9H9F3/c14-9-3-1-7(2-4-9)12-10(15)5-8(13(17)18)6-11(12)16;1-2-3-6-4-5-7(10)9(12)8(6)11/h1-6H;4-5H,2-3H2,1H3. The molecule has 1 nitrogen and oxygen atoms in total. The highest BCUT2D eigenvalue weighted by molar-refractivity contribution is 5.89. The monoisotopic (exact) mass is 428 g/mol. The van der Waals surface area contributed by atoms with E-state index >= 15 is 0 Å². The lowest BCUT2D eigenvalue weighted by atomic mass is 10.0. The smallest absolute Gasteiger partial charge is 0.255 e. The Morgan fingerprint density at radius 2 is 1.33 bits per heavy atom. The number of hydrogen-bond acceptors (Lipinski definition) is 1. The molecule has 0 aromatic heterocycles. The van der Waals surface area contributed by atoms with E-state index in [1.807, 2.05) is 6.92 Å². The van der Waals surface area contributed by atoms with Gasteiger partial charge < -0.3 is 0 Å². The van der Waals surface area contributed by atoms with Crippen LogP contribution in [-0.2, 0) is 6.42 Å². The summed E-state index contributed by atoms with van der Waals surface area (Å²) in [4.78, 5) is 10.4. The number of halogens is 7. The predicted molar refractivity (Wildman–Crippen MR) is 97.5 cm³/mol. The van der Waals surface area contributed by atoms with E-state index in [0.29, 0.717) is 25.0 Å². The topological polar surface area (TPSA) is 17.1 Å². The zero-order valence-corrected chi connectivity index (χ0v) is 15.6. The minimum atomic E-state index is -1.92. The maximum atomic E-state index is 13.6. The molecule has 0 spiro atoms. The molecule has 8 heteroatoms. The molecule has 0 fully saturated rings. The van der Waals surface area contributed by atoms with E-state index in [1.165, 1.54) is 18.2 Å². The molecule has 0 saturated heterocycles. The molecule has 0 aliphatic rings. The summed E-state index contributed by atoms with van der Waals surface area (Å²) >= 11 is 0. The van der Waals surface area contributed by atoms with Crippen molar-refractivity contribution >= 4 is 6.04 Å². The lowest BCUT2D eigenvalue weighted by Crippen LogP contribution is -1.97. The Morgan fingerprint density at radius 1 is 0.767 bits per heavy atom. The maximum Gasteiger partial charge on any atom is 0.332 e. The first kappa shape index (κ1) is 23.1. The first-order valence-corrected chi connectivity index (χ1v) is 8.72. The summed E-state index contributed by atoms with van der Waals surface area (Å²) in [5.41, 5.74) is -0.795. The minimum absolute atomic E-state index is 0.101. The largest absolute Gasteiger partial charge is 0.332 e. The molecule has 3 aromatic rings. The quantitative estimate of drug-likeness (QED) is 0.250. The second kappa shape index (κ2) is 10.0. The Morgan fingerprint density at radius 3 is 1.83 bits per heavy atom. The van der Waals surface area contributed by atoms with Crippen LogP contribution in [0.1, 0.15) is 29.3 Å². The van der Waals surface area contributed by atoms with Gasteiger partial charge in [-0.15, -0.1) is 0 Å². The van der Waals surface area contributed by atoms with Crippen molar-refractivity contribution in [3.8, 4) is 11.1 Å². The molecule has 0 heterocycles. The Balaban J connectivity index is 0.000000232. The molecule has 0 saturated carbocycles. The van der Waals surface area contributed by atoms with Crippen LogP contribution in [0.2, 0.25) is 0 Å². The molecule has 0 radical (unpaired) electrons. The van der Waals surface area contributed by atoms with Gasteiger partial charge in [-0.3, -0.25) is 4.79 Å². The zero-order valence-electron chi connectivity index (χ0n) is 15.6. The van der Waals surface area contributed by atoms with Gasteiger partial charge in [0.25, 0.3) is 0 Å². The van der Waals surface area contributed by atoms with E-state index in [4.69, 9.17) is 0 Å². The highest BCUT2D eigenvalue weighted by Gasteiger charge is 2.16. The van der Waals surface area contributed by atoms with Crippen LogP contribution in [0.25, 0.3) is 11.1 Å². The van der Waals surface area contributed by atoms with E-state index in [0.717, 1.165) is 18.2 Å². The van der Waals surface area contributed by atoms with Crippen molar-refractivity contribution in [3.05, 3.63) is 94.6 Å². The summed E-state index contributed by atoms with van der Waals surface area (Å²) < 4.78 is 90.0. The molecular formula is C22H15F7O. The Hall–Kier alpha value is -3.16. The average molecular weight is 428 g/mol. The van der Waals surface area contributed by atoms with Gasteiger partial charge in [-0.2, -0.15) is 4.39 Å². The van der Waals surface area contributed by atoms with Gasteiger partial charge in [-0.1, -0.05) is 31.5 Å². The molecule has 0 aliphatic heterocycles. The molecule has 3 aromatic carbocycles. The molecule has 158 valence electrons. The van der Waals surface area contributed by atoms with Crippen molar-refractivity contribution in [3.63, 3.8) is 0 Å². The third-order valence-electron chi connectivity index (χ3n) is 4.04. The Labute approximate surface area is 167 Å². The molecule has 0 bridgehead atoms. The van der Waals surface area contributed by atoms with Crippen LogP contribution in [0, 0.1) is 34.9 Å². The third-order valence-corrected chi connectivity index (χ3v) is 4.04. The van der Waals surface area contributed by atoms with Gasteiger partial charge in [0, 0.05) is 0 Å². The van der Waals surface area contributed by atoms with Crippen molar-refractivity contribution in [1.82, 2.24) is 0 Å². The molecule has 30 heavy (non-hydrogen) atoms. The number of rotatable bonds is 4. The van der Waals surface area contributed by atoms with Gasteiger partial charge in [0.2, 0.25) is 0 Å². The van der Waals surface area contributed by atoms with Gasteiger partial charge in [0.15, 0.2) is 17.5 Å². The Bertz CT molecular complexity index is 1020. The number of carbonyl (C=O) groups excluding carboxylic acids is 1. The Kier molecular flexibility index (Phi) is 7.74. The first-order valence-electron chi connectivity index (χ1n) is 8.72. The maximum absolute atomic E-state index is 13.6. The summed E-state index contributed by atoms with van der Waals surface area (Å²) in [6.07, 6.45) is 1.14. The number of carbonyl (C=O) groups is 1. The third kappa shape index (κ3) is 5.46. The van der Waals surface area contributed by atoms with Crippen molar-refractivity contribution in [1.29, 1.82) is 0 Å². The average Bonchev–Trinajstić information content (AvgIpc) is 2.70. The van der Waals surface area contributed by atoms with E-state index in [1.54, 1.807) is 0 Å². The highest BCUT2D eigenvalue weighted by atomic mass is 19.2. The van der Waals surface area contributed by atoms with Crippen molar-refractivity contribution in [2.45, 2.75) is 19.8 Å². The molecule has 0 aliphatic carbocycles. The summed E-state index contributed by atoms with van der Waals surface area (Å²) in [7, 11) is 0. The molecule has 0 N–H and O–H groups in total. The lowest BCUT2D eigenvalue weighted by molar-refractivity contribution is 0.0835. The highest BCUT2D eigenvalue weighted by Crippen LogP contribution is 2.27. The summed E-state index contributed by atoms with van der Waals surface area (Å²) in [6, 6.07) is 5.97. The summed E-state index contributed by atoms with van der Waals surface area (Å²) in [5.74, 6) is -6.27. The van der Waals surface area contributed by atoms with Gasteiger partial charge in [-0.25, -0.2) is 26.3 Å². The van der Waals surface area contributed by atoms with Crippen LogP contribution in [0.3, 0.4) is 0 Å². The normalized spacial score (nSPS) is 10.4. The van der Waals surface area contributed by atoms with Gasteiger partial charge >= 0.3 is 6.04 Å². The molecule has 3 rings (SSSR count). The zero-order chi connectivity index (χ0) is 22.4. The number of aryl methyl sites for hydroxylation is 1. The van der Waals surface area contributed by atoms with Crippen LogP contribution in [0.5, 0.6) is 0 Å². The fourth-order valence-electron chi connectivity index (χ4n) is 2.61. The van der Waals surface area contributed by atoms with Gasteiger partial charge in [-0.05, 0) is 47.9 Å². The molecule has 0 unspecified atom stereocenters. The number of hydrogen-bond donors (Lipinski definition) is 0. The van der Waals surface area contributed by atoms with E-state index in [-0.39, 0.29) is 11.1 Å². The van der Waals surface area contributed by atoms with Gasteiger partial charge in [0.05, 0.1) is 11.1 Å². The summed E-state index contributed by atoms with van der Waals surface area (Å²) in [5, 5.41) is 0. The lowest BCUT2D eigenvalue weighted by Gasteiger charge is -2.06. The molecular weight excluding hydrogens is 413 g/mol. The van der Waals surface area contributed by atoms with E-state index in [9.17, 15) is 35.5 Å².